The molecule has 0 radical (unpaired) electrons. The van der Waals surface area contributed by atoms with Crippen LogP contribution in [0.25, 0.3) is 0 Å². The Morgan fingerprint density at radius 3 is 2.53 bits per heavy atom. The van der Waals surface area contributed by atoms with E-state index in [1.807, 2.05) is 13.0 Å². The minimum absolute atomic E-state index is 0.0242. The molecule has 7 nitrogen and oxygen atoms in total. The number of sulfonamides is 1. The number of aryl methyl sites for hydroxylation is 2. The predicted molar refractivity (Wildman–Crippen MR) is 113 cm³/mol. The second-order valence-corrected chi connectivity index (χ2v) is 9.62. The van der Waals surface area contributed by atoms with Gasteiger partial charge in [-0.25, -0.2) is 13.6 Å². The molecule has 2 atom stereocenters. The van der Waals surface area contributed by atoms with E-state index in [2.05, 4.69) is 17.4 Å². The van der Waals surface area contributed by atoms with Crippen LogP contribution in [0.2, 0.25) is 0 Å². The molecule has 1 aliphatic heterocycles. The van der Waals surface area contributed by atoms with Crippen LogP contribution in [0.15, 0.2) is 47.4 Å². The number of nitrogens with one attached hydrogen (secondary N) is 1. The molecule has 2 amide bonds. The molecule has 2 aromatic carbocycles. The molecule has 158 valence electrons. The largest absolute Gasteiger partial charge is 0.349 e. The van der Waals surface area contributed by atoms with Gasteiger partial charge in [-0.2, -0.15) is 0 Å². The molecule has 8 heteroatoms. The van der Waals surface area contributed by atoms with Gasteiger partial charge >= 0.3 is 0 Å². The summed E-state index contributed by atoms with van der Waals surface area (Å²) >= 11 is 0. The smallest absolute Gasteiger partial charge is 0.238 e. The van der Waals surface area contributed by atoms with Crippen LogP contribution >= 0.6 is 0 Å². The maximum absolute atomic E-state index is 12.8. The molecule has 0 saturated carbocycles. The van der Waals surface area contributed by atoms with E-state index in [1.54, 1.807) is 17.0 Å². The lowest BCUT2D eigenvalue weighted by molar-refractivity contribution is -0.126. The lowest BCUT2D eigenvalue weighted by Gasteiger charge is -2.19. The first-order valence-electron chi connectivity index (χ1n) is 10.1. The van der Waals surface area contributed by atoms with Crippen LogP contribution in [0.5, 0.6) is 0 Å². The molecule has 0 bridgehead atoms. The maximum atomic E-state index is 12.8. The van der Waals surface area contributed by atoms with Gasteiger partial charge in [-0.3, -0.25) is 9.59 Å². The van der Waals surface area contributed by atoms with Crippen molar-refractivity contribution in [2.24, 2.45) is 11.1 Å². The Morgan fingerprint density at radius 2 is 1.83 bits per heavy atom. The second-order valence-electron chi connectivity index (χ2n) is 8.06. The third-order valence-electron chi connectivity index (χ3n) is 5.96. The van der Waals surface area contributed by atoms with Crippen LogP contribution in [0, 0.1) is 5.92 Å². The lowest BCUT2D eigenvalue weighted by atomic mass is 10.0. The summed E-state index contributed by atoms with van der Waals surface area (Å²) in [7, 11) is -3.75. The van der Waals surface area contributed by atoms with Crippen LogP contribution < -0.4 is 15.4 Å². The summed E-state index contributed by atoms with van der Waals surface area (Å²) in [6.07, 6.45) is 3.45. The molecular weight excluding hydrogens is 402 g/mol. The monoisotopic (exact) mass is 427 g/mol. The predicted octanol–water partition coefficient (Wildman–Crippen LogP) is 2.05. The summed E-state index contributed by atoms with van der Waals surface area (Å²) in [5, 5.41) is 8.05. The third kappa shape index (κ3) is 4.11. The van der Waals surface area contributed by atoms with E-state index >= 15 is 0 Å². The molecule has 4 rings (SSSR count). The minimum atomic E-state index is -3.75. The van der Waals surface area contributed by atoms with E-state index in [4.69, 9.17) is 5.14 Å². The van der Waals surface area contributed by atoms with Crippen LogP contribution in [-0.4, -0.2) is 26.8 Å². The Kier molecular flexibility index (Phi) is 5.38. The third-order valence-corrected chi connectivity index (χ3v) is 6.89. The molecule has 1 fully saturated rings. The van der Waals surface area contributed by atoms with Gasteiger partial charge in [0.2, 0.25) is 21.8 Å². The summed E-state index contributed by atoms with van der Waals surface area (Å²) in [6.45, 7) is 2.18. The summed E-state index contributed by atoms with van der Waals surface area (Å²) in [6, 6.07) is 11.9. The highest BCUT2D eigenvalue weighted by Gasteiger charge is 2.36. The molecule has 1 saturated heterocycles. The fourth-order valence-electron chi connectivity index (χ4n) is 4.22. The van der Waals surface area contributed by atoms with E-state index in [1.165, 1.54) is 23.3 Å². The quantitative estimate of drug-likeness (QED) is 0.761. The lowest BCUT2D eigenvalue weighted by Crippen LogP contribution is -2.34. The molecule has 2 aromatic rings. The SMILES string of the molecule is CC(NC(=O)C1CC(=O)N(c2ccc3c(c2)CCC3)C1)c1ccc(S(N)(=O)=O)cc1. The van der Waals surface area contributed by atoms with Gasteiger partial charge in [0, 0.05) is 18.7 Å². The number of primary sulfonamides is 1. The average Bonchev–Trinajstić information content (AvgIpc) is 3.33. The first-order valence-corrected chi connectivity index (χ1v) is 11.6. The van der Waals surface area contributed by atoms with Gasteiger partial charge in [-0.15, -0.1) is 0 Å². The Balaban J connectivity index is 1.41. The van der Waals surface area contributed by atoms with Crippen molar-refractivity contribution in [1.29, 1.82) is 0 Å². The molecule has 3 N–H and O–H groups in total. The highest BCUT2D eigenvalue weighted by atomic mass is 32.2. The number of hydrogen-bond acceptors (Lipinski definition) is 4. The highest BCUT2D eigenvalue weighted by Crippen LogP contribution is 2.31. The highest BCUT2D eigenvalue weighted by molar-refractivity contribution is 7.89. The summed E-state index contributed by atoms with van der Waals surface area (Å²) in [5.74, 6) is -0.648. The number of carbonyl (C=O) groups is 2. The molecule has 0 spiro atoms. The number of fused-ring (bicyclic) bond motifs is 1. The Morgan fingerprint density at radius 1 is 1.13 bits per heavy atom. The molecule has 2 unspecified atom stereocenters. The van der Waals surface area contributed by atoms with E-state index < -0.39 is 15.9 Å². The molecule has 1 heterocycles. The zero-order valence-corrected chi connectivity index (χ0v) is 17.6. The van der Waals surface area contributed by atoms with Crippen molar-refractivity contribution in [3.8, 4) is 0 Å². The number of carbonyl (C=O) groups excluding carboxylic acids is 2. The van der Waals surface area contributed by atoms with Crippen molar-refractivity contribution >= 4 is 27.5 Å². The number of amides is 2. The summed E-state index contributed by atoms with van der Waals surface area (Å²) in [5.41, 5.74) is 4.27. The number of benzene rings is 2. The van der Waals surface area contributed by atoms with Crippen molar-refractivity contribution in [2.45, 2.75) is 43.5 Å². The molecule has 0 aromatic heterocycles. The number of nitrogens with two attached hydrogens (primary N) is 1. The average molecular weight is 428 g/mol. The van der Waals surface area contributed by atoms with Crippen molar-refractivity contribution < 1.29 is 18.0 Å². The van der Waals surface area contributed by atoms with Crippen LogP contribution in [0.3, 0.4) is 0 Å². The molecule has 30 heavy (non-hydrogen) atoms. The van der Waals surface area contributed by atoms with Gasteiger partial charge in [0.15, 0.2) is 0 Å². The van der Waals surface area contributed by atoms with Crippen molar-refractivity contribution in [3.05, 3.63) is 59.2 Å². The number of hydrogen-bond donors (Lipinski definition) is 2. The van der Waals surface area contributed by atoms with Gasteiger partial charge in [0.25, 0.3) is 0 Å². The van der Waals surface area contributed by atoms with E-state index in [9.17, 15) is 18.0 Å². The Bertz CT molecular complexity index is 1100. The van der Waals surface area contributed by atoms with E-state index in [0.717, 1.165) is 30.5 Å². The standard InChI is InChI=1S/C22H25N3O4S/c1-14(15-6-9-20(10-7-15)30(23,28)29)24-22(27)18-12-21(26)25(13-18)19-8-5-16-3-2-4-17(16)11-19/h5-11,14,18H,2-4,12-13H2,1H3,(H,24,27)(H2,23,28,29). The number of rotatable bonds is 5. The van der Waals surface area contributed by atoms with Crippen molar-refractivity contribution in [1.82, 2.24) is 5.32 Å². The first-order chi connectivity index (χ1) is 14.2. The molecular formula is C22H25N3O4S. The zero-order valence-electron chi connectivity index (χ0n) is 16.8. The first kappa shape index (κ1) is 20.6. The molecule has 2 aliphatic rings. The second kappa shape index (κ2) is 7.85. The number of nitrogens with zero attached hydrogens (tertiary/aromatic N) is 1. The zero-order chi connectivity index (χ0) is 21.5. The van der Waals surface area contributed by atoms with Crippen LogP contribution in [-0.2, 0) is 32.5 Å². The minimum Gasteiger partial charge on any atom is -0.349 e. The van der Waals surface area contributed by atoms with Gasteiger partial charge < -0.3 is 10.2 Å². The maximum Gasteiger partial charge on any atom is 0.238 e. The van der Waals surface area contributed by atoms with E-state index in [0.29, 0.717) is 6.54 Å². The fraction of sp³-hybridized carbons (Fsp3) is 0.364. The normalized spacial score (nSPS) is 19.6. The van der Waals surface area contributed by atoms with E-state index in [-0.39, 0.29) is 29.2 Å². The number of anilines is 1. The van der Waals surface area contributed by atoms with Gasteiger partial charge in [0.05, 0.1) is 16.9 Å². The molecule has 1 aliphatic carbocycles. The van der Waals surface area contributed by atoms with Crippen LogP contribution in [0.4, 0.5) is 5.69 Å². The Labute approximate surface area is 176 Å². The van der Waals surface area contributed by atoms with Crippen LogP contribution in [0.1, 0.15) is 42.5 Å². The van der Waals surface area contributed by atoms with Crippen molar-refractivity contribution in [3.63, 3.8) is 0 Å². The van der Waals surface area contributed by atoms with Gasteiger partial charge in [-0.1, -0.05) is 18.2 Å². The Hall–Kier alpha value is -2.71. The van der Waals surface area contributed by atoms with Gasteiger partial charge in [-0.05, 0) is 67.1 Å². The fourth-order valence-corrected chi connectivity index (χ4v) is 4.74. The summed E-state index contributed by atoms with van der Waals surface area (Å²) in [4.78, 5) is 27.0. The topological polar surface area (TPSA) is 110 Å². The van der Waals surface area contributed by atoms with Gasteiger partial charge in [0.1, 0.15) is 0 Å². The summed E-state index contributed by atoms with van der Waals surface area (Å²) < 4.78 is 22.8. The van der Waals surface area contributed by atoms with Crippen molar-refractivity contribution in [2.75, 3.05) is 11.4 Å².